The summed E-state index contributed by atoms with van der Waals surface area (Å²) in [5.41, 5.74) is 7.96. The Morgan fingerprint density at radius 1 is 1.19 bits per heavy atom. The highest BCUT2D eigenvalue weighted by Gasteiger charge is 2.24. The first-order valence-electron chi connectivity index (χ1n) is 12.8. The van der Waals surface area contributed by atoms with Crippen molar-refractivity contribution in [3.05, 3.63) is 47.4 Å². The number of aryl methyl sites for hydroxylation is 1. The normalized spacial score (nSPS) is 15.3. The van der Waals surface area contributed by atoms with E-state index in [1.807, 2.05) is 18.5 Å². The van der Waals surface area contributed by atoms with E-state index in [1.165, 1.54) is 22.1 Å². The minimum absolute atomic E-state index is 0.151. The molecule has 5 rings (SSSR count). The molecule has 36 heavy (non-hydrogen) atoms. The Labute approximate surface area is 212 Å². The van der Waals surface area contributed by atoms with Crippen molar-refractivity contribution in [3.63, 3.8) is 0 Å². The van der Waals surface area contributed by atoms with Crippen LogP contribution in [0.1, 0.15) is 49.3 Å². The number of carbonyl (C=O) groups excluding carboxylic acids is 1. The standard InChI is InChI=1S/C28H36N6O2/c1-17(2)26-22-13-21(36-20-9-11-33(12-10-20)15-25(35)32(5)6)7-8-24(22)30-27(26)23-14-34-16-29-31-28(34)19(4)18(23)3/h7-8,13-14,16-17,20,30H,9-12,15H2,1-6H3. The van der Waals surface area contributed by atoms with Gasteiger partial charge in [-0.15, -0.1) is 10.2 Å². The summed E-state index contributed by atoms with van der Waals surface area (Å²) < 4.78 is 8.45. The molecular weight excluding hydrogens is 452 g/mol. The summed E-state index contributed by atoms with van der Waals surface area (Å²) in [5, 5.41) is 9.57. The summed E-state index contributed by atoms with van der Waals surface area (Å²) in [5.74, 6) is 1.39. The number of hydrogen-bond acceptors (Lipinski definition) is 5. The molecule has 4 aromatic rings. The van der Waals surface area contributed by atoms with Crippen LogP contribution in [0.5, 0.6) is 5.75 Å². The number of likely N-dealkylation sites (N-methyl/N-ethyl adjacent to an activating group) is 1. The fourth-order valence-electron chi connectivity index (χ4n) is 5.25. The lowest BCUT2D eigenvalue weighted by atomic mass is 9.94. The quantitative estimate of drug-likeness (QED) is 0.431. The Kier molecular flexibility index (Phi) is 6.47. The van der Waals surface area contributed by atoms with E-state index in [0.29, 0.717) is 12.5 Å². The van der Waals surface area contributed by atoms with Gasteiger partial charge in [-0.25, -0.2) is 0 Å². The zero-order valence-corrected chi connectivity index (χ0v) is 22.1. The molecule has 0 atom stereocenters. The second-order valence-electron chi connectivity index (χ2n) is 10.5. The first-order valence-corrected chi connectivity index (χ1v) is 12.8. The molecule has 0 unspecified atom stereocenters. The minimum atomic E-state index is 0.151. The van der Waals surface area contributed by atoms with Crippen LogP contribution in [-0.2, 0) is 4.79 Å². The van der Waals surface area contributed by atoms with Crippen molar-refractivity contribution in [2.45, 2.75) is 52.6 Å². The molecule has 1 aliphatic heterocycles. The van der Waals surface area contributed by atoms with Crippen LogP contribution in [-0.4, -0.2) is 75.1 Å². The number of piperidine rings is 1. The summed E-state index contributed by atoms with van der Waals surface area (Å²) in [4.78, 5) is 19.6. The molecule has 8 heteroatoms. The number of benzene rings is 1. The lowest BCUT2D eigenvalue weighted by Crippen LogP contribution is -2.43. The SMILES string of the molecule is Cc1c(-c2[nH]c3ccc(OC4CCN(CC(=O)N(C)C)CC4)cc3c2C(C)C)cn2cnnc2c1C. The lowest BCUT2D eigenvalue weighted by Gasteiger charge is -2.32. The molecule has 0 radical (unpaired) electrons. The molecule has 4 heterocycles. The number of aromatic nitrogens is 4. The number of aromatic amines is 1. The van der Waals surface area contributed by atoms with Gasteiger partial charge < -0.3 is 14.6 Å². The zero-order chi connectivity index (χ0) is 25.6. The van der Waals surface area contributed by atoms with Gasteiger partial charge in [-0.05, 0) is 67.5 Å². The first-order chi connectivity index (χ1) is 17.2. The fraction of sp³-hybridized carbons (Fsp3) is 0.464. The van der Waals surface area contributed by atoms with Gasteiger partial charge in [-0.3, -0.25) is 14.1 Å². The maximum atomic E-state index is 12.0. The van der Waals surface area contributed by atoms with Gasteiger partial charge >= 0.3 is 0 Å². The number of nitrogens with one attached hydrogen (secondary N) is 1. The summed E-state index contributed by atoms with van der Waals surface area (Å²) in [6.45, 7) is 11.0. The van der Waals surface area contributed by atoms with Crippen LogP contribution >= 0.6 is 0 Å². The van der Waals surface area contributed by atoms with E-state index in [4.69, 9.17) is 4.74 Å². The molecule has 1 saturated heterocycles. The maximum absolute atomic E-state index is 12.0. The molecule has 3 aromatic heterocycles. The van der Waals surface area contributed by atoms with Crippen molar-refractivity contribution in [2.75, 3.05) is 33.7 Å². The molecule has 1 N–H and O–H groups in total. The van der Waals surface area contributed by atoms with Crippen LogP contribution in [0.15, 0.2) is 30.7 Å². The number of amides is 1. The highest BCUT2D eigenvalue weighted by atomic mass is 16.5. The average Bonchev–Trinajstić information content (AvgIpc) is 3.47. The lowest BCUT2D eigenvalue weighted by molar-refractivity contribution is -0.130. The molecule has 0 bridgehead atoms. The third-order valence-corrected chi connectivity index (χ3v) is 7.50. The highest BCUT2D eigenvalue weighted by Crippen LogP contribution is 2.39. The highest BCUT2D eigenvalue weighted by molar-refractivity contribution is 5.93. The van der Waals surface area contributed by atoms with Crippen LogP contribution in [0.3, 0.4) is 0 Å². The second-order valence-corrected chi connectivity index (χ2v) is 10.5. The third kappa shape index (κ3) is 4.46. The summed E-state index contributed by atoms with van der Waals surface area (Å²) in [6, 6.07) is 6.38. The van der Waals surface area contributed by atoms with Crippen molar-refractivity contribution < 1.29 is 9.53 Å². The van der Waals surface area contributed by atoms with Gasteiger partial charge in [0.05, 0.1) is 12.2 Å². The first kappa shape index (κ1) is 24.3. The van der Waals surface area contributed by atoms with E-state index in [0.717, 1.165) is 54.1 Å². The van der Waals surface area contributed by atoms with Crippen molar-refractivity contribution >= 4 is 22.5 Å². The van der Waals surface area contributed by atoms with E-state index in [9.17, 15) is 4.79 Å². The van der Waals surface area contributed by atoms with Gasteiger partial charge in [-0.1, -0.05) is 13.8 Å². The number of hydrogen-bond donors (Lipinski definition) is 1. The van der Waals surface area contributed by atoms with Gasteiger partial charge in [0.15, 0.2) is 5.65 Å². The maximum Gasteiger partial charge on any atom is 0.236 e. The second kappa shape index (κ2) is 9.58. The Morgan fingerprint density at radius 3 is 2.64 bits per heavy atom. The van der Waals surface area contributed by atoms with Crippen LogP contribution in [0, 0.1) is 13.8 Å². The Bertz CT molecular complexity index is 1410. The van der Waals surface area contributed by atoms with E-state index < -0.39 is 0 Å². The molecule has 1 aliphatic rings. The van der Waals surface area contributed by atoms with Gasteiger partial charge in [0.25, 0.3) is 0 Å². The number of pyridine rings is 1. The molecule has 0 aliphatic carbocycles. The number of fused-ring (bicyclic) bond motifs is 2. The number of ether oxygens (including phenoxy) is 1. The minimum Gasteiger partial charge on any atom is -0.490 e. The Balaban J connectivity index is 1.41. The van der Waals surface area contributed by atoms with E-state index in [-0.39, 0.29) is 12.0 Å². The van der Waals surface area contributed by atoms with Crippen molar-refractivity contribution in [3.8, 4) is 17.0 Å². The summed E-state index contributed by atoms with van der Waals surface area (Å²) >= 11 is 0. The predicted octanol–water partition coefficient (Wildman–Crippen LogP) is 4.55. The number of likely N-dealkylation sites (tertiary alicyclic amines) is 1. The largest absolute Gasteiger partial charge is 0.490 e. The monoisotopic (exact) mass is 488 g/mol. The Hall–Kier alpha value is -3.39. The number of rotatable bonds is 6. The van der Waals surface area contributed by atoms with Crippen molar-refractivity contribution in [1.29, 1.82) is 0 Å². The van der Waals surface area contributed by atoms with Crippen LogP contribution in [0.2, 0.25) is 0 Å². The third-order valence-electron chi connectivity index (χ3n) is 7.50. The van der Waals surface area contributed by atoms with E-state index in [2.05, 4.69) is 72.2 Å². The van der Waals surface area contributed by atoms with Gasteiger partial charge in [0.1, 0.15) is 18.2 Å². The summed E-state index contributed by atoms with van der Waals surface area (Å²) in [7, 11) is 3.61. The van der Waals surface area contributed by atoms with Gasteiger partial charge in [0, 0.05) is 49.8 Å². The predicted molar refractivity (Wildman–Crippen MR) is 143 cm³/mol. The molecular formula is C28H36N6O2. The van der Waals surface area contributed by atoms with Crippen molar-refractivity contribution in [1.82, 2.24) is 29.4 Å². The number of carbonyl (C=O) groups is 1. The topological polar surface area (TPSA) is 78.8 Å². The average molecular weight is 489 g/mol. The molecule has 0 saturated carbocycles. The Morgan fingerprint density at radius 2 is 1.94 bits per heavy atom. The van der Waals surface area contributed by atoms with E-state index >= 15 is 0 Å². The van der Waals surface area contributed by atoms with E-state index in [1.54, 1.807) is 11.2 Å². The van der Waals surface area contributed by atoms with Crippen LogP contribution in [0.25, 0.3) is 27.8 Å². The van der Waals surface area contributed by atoms with Gasteiger partial charge in [0.2, 0.25) is 5.91 Å². The van der Waals surface area contributed by atoms with Crippen LogP contribution < -0.4 is 4.74 Å². The fourth-order valence-corrected chi connectivity index (χ4v) is 5.25. The molecule has 1 amide bonds. The smallest absolute Gasteiger partial charge is 0.236 e. The van der Waals surface area contributed by atoms with Crippen LogP contribution in [0.4, 0.5) is 0 Å². The zero-order valence-electron chi connectivity index (χ0n) is 22.1. The number of H-pyrrole nitrogens is 1. The molecule has 1 aromatic carbocycles. The van der Waals surface area contributed by atoms with Gasteiger partial charge in [-0.2, -0.15) is 0 Å². The molecule has 0 spiro atoms. The van der Waals surface area contributed by atoms with Crippen molar-refractivity contribution in [2.24, 2.45) is 0 Å². The molecule has 190 valence electrons. The number of nitrogens with zero attached hydrogens (tertiary/aromatic N) is 5. The summed E-state index contributed by atoms with van der Waals surface area (Å²) in [6.07, 6.45) is 5.89. The molecule has 1 fully saturated rings. The molecule has 8 nitrogen and oxygen atoms in total.